The van der Waals surface area contributed by atoms with Gasteiger partial charge >= 0.3 is 0 Å². The number of likely N-dealkylation sites (N-methyl/N-ethyl adjacent to an activating group) is 1. The first-order valence-electron chi connectivity index (χ1n) is 7.05. The summed E-state index contributed by atoms with van der Waals surface area (Å²) >= 11 is 0. The number of benzene rings is 1. The van der Waals surface area contributed by atoms with Gasteiger partial charge in [-0.1, -0.05) is 19.1 Å². The quantitative estimate of drug-likeness (QED) is 0.866. The molecule has 0 spiro atoms. The fraction of sp³-hybridized carbons (Fsp3) is 0.500. The third-order valence-corrected chi connectivity index (χ3v) is 3.42. The van der Waals surface area contributed by atoms with Crippen LogP contribution in [0.25, 0.3) is 11.0 Å². The van der Waals surface area contributed by atoms with E-state index in [-0.39, 0.29) is 11.9 Å². The molecule has 3 nitrogen and oxygen atoms in total. The van der Waals surface area contributed by atoms with Gasteiger partial charge in [-0.15, -0.1) is 0 Å². The first kappa shape index (κ1) is 15.0. The number of para-hydroxylation sites is 1. The smallest absolute Gasteiger partial charge is 0.169 e. The highest BCUT2D eigenvalue weighted by molar-refractivity contribution is 5.78. The van der Waals surface area contributed by atoms with Gasteiger partial charge in [0.05, 0.1) is 11.6 Å². The molecule has 1 atom stereocenters. The zero-order valence-electron chi connectivity index (χ0n) is 12.5. The van der Waals surface area contributed by atoms with Gasteiger partial charge in [0.15, 0.2) is 11.4 Å². The van der Waals surface area contributed by atoms with E-state index in [2.05, 4.69) is 5.32 Å². The minimum absolute atomic E-state index is 0.126. The predicted molar refractivity (Wildman–Crippen MR) is 78.3 cm³/mol. The third-order valence-electron chi connectivity index (χ3n) is 3.42. The Hall–Kier alpha value is -1.39. The Labute approximate surface area is 119 Å². The van der Waals surface area contributed by atoms with Gasteiger partial charge in [-0.05, 0) is 39.4 Å². The van der Waals surface area contributed by atoms with Gasteiger partial charge in [-0.25, -0.2) is 4.39 Å². The molecule has 4 heteroatoms. The van der Waals surface area contributed by atoms with Crippen molar-refractivity contribution in [1.29, 1.82) is 0 Å². The molecule has 0 fully saturated rings. The summed E-state index contributed by atoms with van der Waals surface area (Å²) in [5, 5.41) is 4.14. The molecule has 0 aliphatic heterocycles. The number of fused-ring (bicyclic) bond motifs is 1. The van der Waals surface area contributed by atoms with E-state index in [4.69, 9.17) is 9.15 Å². The second kappa shape index (κ2) is 5.94. The summed E-state index contributed by atoms with van der Waals surface area (Å²) in [6, 6.07) is 6.70. The van der Waals surface area contributed by atoms with Crippen LogP contribution in [0, 0.1) is 5.82 Å². The average molecular weight is 279 g/mol. The molecule has 1 aromatic heterocycles. The van der Waals surface area contributed by atoms with Gasteiger partial charge in [0.2, 0.25) is 0 Å². The van der Waals surface area contributed by atoms with Crippen molar-refractivity contribution in [3.8, 4) is 0 Å². The normalized spacial score (nSPS) is 13.8. The molecule has 20 heavy (non-hydrogen) atoms. The summed E-state index contributed by atoms with van der Waals surface area (Å²) in [6.45, 7) is 9.40. The van der Waals surface area contributed by atoms with Crippen molar-refractivity contribution in [1.82, 2.24) is 5.32 Å². The minimum Gasteiger partial charge on any atom is -0.456 e. The number of furan rings is 1. The Bertz CT molecular complexity index is 577. The van der Waals surface area contributed by atoms with Crippen LogP contribution in [0.15, 0.2) is 28.7 Å². The first-order chi connectivity index (χ1) is 9.49. The molecular weight excluding hydrogens is 257 g/mol. The van der Waals surface area contributed by atoms with Crippen LogP contribution in [-0.2, 0) is 4.74 Å². The first-order valence-corrected chi connectivity index (χ1v) is 7.05. The summed E-state index contributed by atoms with van der Waals surface area (Å²) < 4.78 is 25.3. The maximum Gasteiger partial charge on any atom is 0.169 e. The SMILES string of the molecule is CCNC(c1cc2cccc(F)c2o1)C(C)(C)OCC. The third kappa shape index (κ3) is 2.86. The number of halogens is 1. The van der Waals surface area contributed by atoms with Crippen LogP contribution in [0.1, 0.15) is 39.5 Å². The van der Waals surface area contributed by atoms with E-state index in [1.165, 1.54) is 6.07 Å². The summed E-state index contributed by atoms with van der Waals surface area (Å²) in [4.78, 5) is 0. The van der Waals surface area contributed by atoms with Crippen LogP contribution in [0.2, 0.25) is 0 Å². The summed E-state index contributed by atoms with van der Waals surface area (Å²) in [5.41, 5.74) is -0.132. The van der Waals surface area contributed by atoms with Crippen LogP contribution in [-0.4, -0.2) is 18.8 Å². The number of rotatable bonds is 6. The van der Waals surface area contributed by atoms with Crippen molar-refractivity contribution in [2.45, 2.75) is 39.3 Å². The largest absolute Gasteiger partial charge is 0.456 e. The molecule has 0 bridgehead atoms. The maximum atomic E-state index is 13.7. The van der Waals surface area contributed by atoms with E-state index in [1.807, 2.05) is 39.8 Å². The monoisotopic (exact) mass is 279 g/mol. The van der Waals surface area contributed by atoms with Gasteiger partial charge < -0.3 is 14.5 Å². The van der Waals surface area contributed by atoms with Gasteiger partial charge in [-0.2, -0.15) is 0 Å². The van der Waals surface area contributed by atoms with Crippen molar-refractivity contribution < 1.29 is 13.5 Å². The molecule has 1 N–H and O–H groups in total. The lowest BCUT2D eigenvalue weighted by Crippen LogP contribution is -2.41. The van der Waals surface area contributed by atoms with Gasteiger partial charge in [0, 0.05) is 12.0 Å². The Kier molecular flexibility index (Phi) is 4.45. The van der Waals surface area contributed by atoms with Crippen molar-refractivity contribution in [2.24, 2.45) is 0 Å². The molecule has 0 radical (unpaired) electrons. The molecule has 1 heterocycles. The van der Waals surface area contributed by atoms with E-state index in [1.54, 1.807) is 6.07 Å². The maximum absolute atomic E-state index is 13.7. The molecule has 2 aromatic rings. The fourth-order valence-electron chi connectivity index (χ4n) is 2.54. The summed E-state index contributed by atoms with van der Waals surface area (Å²) in [6.07, 6.45) is 0. The van der Waals surface area contributed by atoms with Crippen LogP contribution < -0.4 is 5.32 Å². The number of nitrogens with one attached hydrogen (secondary N) is 1. The molecule has 0 aliphatic carbocycles. The van der Waals surface area contributed by atoms with Gasteiger partial charge in [0.25, 0.3) is 0 Å². The molecule has 1 aromatic carbocycles. The van der Waals surface area contributed by atoms with Crippen molar-refractivity contribution in [3.63, 3.8) is 0 Å². The molecule has 0 amide bonds. The Morgan fingerprint density at radius 1 is 1.35 bits per heavy atom. The average Bonchev–Trinajstić information content (AvgIpc) is 2.80. The van der Waals surface area contributed by atoms with Crippen molar-refractivity contribution >= 4 is 11.0 Å². The molecule has 110 valence electrons. The Balaban J connectivity index is 2.44. The second-order valence-electron chi connectivity index (χ2n) is 5.33. The van der Waals surface area contributed by atoms with E-state index >= 15 is 0 Å². The van der Waals surface area contributed by atoms with Crippen LogP contribution in [0.3, 0.4) is 0 Å². The highest BCUT2D eigenvalue weighted by Crippen LogP contribution is 2.33. The summed E-state index contributed by atoms with van der Waals surface area (Å²) in [5.74, 6) is 0.364. The highest BCUT2D eigenvalue weighted by Gasteiger charge is 2.33. The van der Waals surface area contributed by atoms with Gasteiger partial charge in [-0.3, -0.25) is 0 Å². The highest BCUT2D eigenvalue weighted by atomic mass is 19.1. The Morgan fingerprint density at radius 3 is 2.70 bits per heavy atom. The number of hydrogen-bond acceptors (Lipinski definition) is 3. The van der Waals surface area contributed by atoms with Crippen molar-refractivity contribution in [2.75, 3.05) is 13.2 Å². The standard InChI is InChI=1S/C16H22FNO2/c1-5-18-15(16(3,4)19-6-2)13-10-11-8-7-9-12(17)14(11)20-13/h7-10,15,18H,5-6H2,1-4H3. The lowest BCUT2D eigenvalue weighted by molar-refractivity contribution is -0.0433. The van der Waals surface area contributed by atoms with Crippen LogP contribution >= 0.6 is 0 Å². The minimum atomic E-state index is -0.435. The van der Waals surface area contributed by atoms with E-state index in [9.17, 15) is 4.39 Å². The lowest BCUT2D eigenvalue weighted by Gasteiger charge is -2.33. The van der Waals surface area contributed by atoms with Gasteiger partial charge in [0.1, 0.15) is 5.76 Å². The molecule has 2 rings (SSSR count). The second-order valence-corrected chi connectivity index (χ2v) is 5.33. The summed E-state index contributed by atoms with van der Waals surface area (Å²) in [7, 11) is 0. The zero-order chi connectivity index (χ0) is 14.8. The predicted octanol–water partition coefficient (Wildman–Crippen LogP) is 4.04. The van der Waals surface area contributed by atoms with Crippen LogP contribution in [0.5, 0.6) is 0 Å². The topological polar surface area (TPSA) is 34.4 Å². The van der Waals surface area contributed by atoms with Crippen LogP contribution in [0.4, 0.5) is 4.39 Å². The van der Waals surface area contributed by atoms with E-state index in [0.29, 0.717) is 18.0 Å². The molecule has 0 saturated carbocycles. The lowest BCUT2D eigenvalue weighted by atomic mass is 9.96. The number of ether oxygens (including phenoxy) is 1. The Morgan fingerprint density at radius 2 is 2.10 bits per heavy atom. The molecular formula is C16H22FNO2. The fourth-order valence-corrected chi connectivity index (χ4v) is 2.54. The van der Waals surface area contributed by atoms with E-state index in [0.717, 1.165) is 11.9 Å². The molecule has 1 unspecified atom stereocenters. The number of hydrogen-bond donors (Lipinski definition) is 1. The molecule has 0 saturated heterocycles. The molecule has 0 aliphatic rings. The van der Waals surface area contributed by atoms with E-state index < -0.39 is 5.60 Å². The van der Waals surface area contributed by atoms with Crippen molar-refractivity contribution in [3.05, 3.63) is 35.8 Å². The zero-order valence-corrected chi connectivity index (χ0v) is 12.5.